The predicted molar refractivity (Wildman–Crippen MR) is 68.0 cm³/mol. The van der Waals surface area contributed by atoms with Crippen molar-refractivity contribution in [2.75, 3.05) is 13.1 Å². The van der Waals surface area contributed by atoms with Crippen molar-refractivity contribution in [1.82, 2.24) is 4.90 Å². The highest BCUT2D eigenvalue weighted by Crippen LogP contribution is 2.32. The summed E-state index contributed by atoms with van der Waals surface area (Å²) in [6.45, 7) is 0.926. The average molecular weight is 265 g/mol. The highest BCUT2D eigenvalue weighted by atomic mass is 32.1. The number of hydrogen-bond acceptors (Lipinski definition) is 3. The lowest BCUT2D eigenvalue weighted by molar-refractivity contribution is -0.141. The number of carbonyl (C=O) groups is 2. The molecule has 1 atom stereocenters. The topological polar surface area (TPSA) is 57.6 Å². The molecule has 1 aromatic heterocycles. The van der Waals surface area contributed by atoms with E-state index in [2.05, 4.69) is 0 Å². The second-order valence-corrected chi connectivity index (χ2v) is 6.12. The van der Waals surface area contributed by atoms with Crippen molar-refractivity contribution in [2.24, 2.45) is 5.92 Å². The van der Waals surface area contributed by atoms with E-state index >= 15 is 0 Å². The lowest BCUT2D eigenvalue weighted by Gasteiger charge is -2.14. The summed E-state index contributed by atoms with van der Waals surface area (Å²) in [5, 5.41) is 8.94. The lowest BCUT2D eigenvalue weighted by Crippen LogP contribution is -2.29. The van der Waals surface area contributed by atoms with Gasteiger partial charge in [-0.3, -0.25) is 9.59 Å². The monoisotopic (exact) mass is 265 g/mol. The van der Waals surface area contributed by atoms with Crippen LogP contribution in [0.2, 0.25) is 0 Å². The normalized spacial score (nSPS) is 22.2. The molecule has 1 aromatic rings. The van der Waals surface area contributed by atoms with Gasteiger partial charge in [0.25, 0.3) is 5.91 Å². The molecule has 1 amide bonds. The maximum absolute atomic E-state index is 12.3. The Labute approximate surface area is 109 Å². The van der Waals surface area contributed by atoms with Crippen LogP contribution in [-0.2, 0) is 17.6 Å². The Bertz CT molecular complexity index is 487. The first-order valence-electron chi connectivity index (χ1n) is 6.29. The minimum absolute atomic E-state index is 0.0122. The summed E-state index contributed by atoms with van der Waals surface area (Å²) in [4.78, 5) is 27.0. The third kappa shape index (κ3) is 1.92. The molecule has 0 saturated carbocycles. The summed E-state index contributed by atoms with van der Waals surface area (Å²) in [6.07, 6.45) is 3.94. The largest absolute Gasteiger partial charge is 0.481 e. The van der Waals surface area contributed by atoms with Gasteiger partial charge in [-0.2, -0.15) is 0 Å². The minimum atomic E-state index is -0.793. The van der Waals surface area contributed by atoms with E-state index < -0.39 is 5.97 Å². The Hall–Kier alpha value is -1.36. The van der Waals surface area contributed by atoms with Crippen molar-refractivity contribution in [1.29, 1.82) is 0 Å². The van der Waals surface area contributed by atoms with Gasteiger partial charge < -0.3 is 10.0 Å². The zero-order valence-corrected chi connectivity index (χ0v) is 10.8. The molecule has 2 heterocycles. The van der Waals surface area contributed by atoms with Crippen LogP contribution in [0.1, 0.15) is 33.0 Å². The number of carboxylic acid groups (broad SMARTS) is 1. The van der Waals surface area contributed by atoms with E-state index in [0.29, 0.717) is 19.5 Å². The number of aryl methyl sites for hydroxylation is 2. The molecule has 1 fully saturated rings. The van der Waals surface area contributed by atoms with Gasteiger partial charge in [-0.25, -0.2) is 0 Å². The number of likely N-dealkylation sites (tertiary alicyclic amines) is 1. The molecule has 0 radical (unpaired) electrons. The van der Waals surface area contributed by atoms with Crippen LogP contribution >= 0.6 is 11.3 Å². The number of hydrogen-bond donors (Lipinski definition) is 1. The number of amides is 1. The third-order valence-electron chi connectivity index (χ3n) is 3.78. The van der Waals surface area contributed by atoms with E-state index in [-0.39, 0.29) is 11.8 Å². The number of aliphatic carboxylic acids is 1. The van der Waals surface area contributed by atoms with Crippen molar-refractivity contribution in [2.45, 2.75) is 25.7 Å². The quantitative estimate of drug-likeness (QED) is 0.886. The second-order valence-electron chi connectivity index (χ2n) is 4.99. The average Bonchev–Trinajstić information content (AvgIpc) is 3.02. The van der Waals surface area contributed by atoms with Gasteiger partial charge in [0.15, 0.2) is 0 Å². The third-order valence-corrected chi connectivity index (χ3v) is 5.01. The van der Waals surface area contributed by atoms with E-state index in [9.17, 15) is 9.59 Å². The summed E-state index contributed by atoms with van der Waals surface area (Å²) >= 11 is 1.59. The number of nitrogens with zero attached hydrogens (tertiary/aromatic N) is 1. The summed E-state index contributed by atoms with van der Waals surface area (Å²) in [5.41, 5.74) is 1.32. The van der Waals surface area contributed by atoms with Gasteiger partial charge in [0.05, 0.1) is 10.8 Å². The molecule has 0 aromatic carbocycles. The van der Waals surface area contributed by atoms with E-state index in [1.807, 2.05) is 6.07 Å². The Morgan fingerprint density at radius 2 is 2.22 bits per heavy atom. The van der Waals surface area contributed by atoms with Gasteiger partial charge in [-0.1, -0.05) is 0 Å². The number of rotatable bonds is 2. The van der Waals surface area contributed by atoms with Gasteiger partial charge in [0, 0.05) is 18.0 Å². The fourth-order valence-corrected chi connectivity index (χ4v) is 3.96. The molecule has 0 unspecified atom stereocenters. The van der Waals surface area contributed by atoms with Crippen LogP contribution in [0.15, 0.2) is 6.07 Å². The summed E-state index contributed by atoms with van der Waals surface area (Å²) in [7, 11) is 0. The van der Waals surface area contributed by atoms with Crippen LogP contribution in [0.25, 0.3) is 0 Å². The van der Waals surface area contributed by atoms with Crippen molar-refractivity contribution in [3.63, 3.8) is 0 Å². The fraction of sp³-hybridized carbons (Fsp3) is 0.538. The van der Waals surface area contributed by atoms with Gasteiger partial charge >= 0.3 is 5.97 Å². The predicted octanol–water partition coefficient (Wildman–Crippen LogP) is 1.78. The lowest BCUT2D eigenvalue weighted by atomic mass is 10.1. The van der Waals surface area contributed by atoms with Crippen molar-refractivity contribution in [3.05, 3.63) is 21.4 Å². The maximum Gasteiger partial charge on any atom is 0.308 e. The first kappa shape index (κ1) is 11.7. The molecule has 1 N–H and O–H groups in total. The van der Waals surface area contributed by atoms with Crippen LogP contribution in [0.5, 0.6) is 0 Å². The molecule has 5 heteroatoms. The zero-order valence-electron chi connectivity index (χ0n) is 10.0. The molecule has 4 nitrogen and oxygen atoms in total. The van der Waals surface area contributed by atoms with Crippen LogP contribution in [0, 0.1) is 5.92 Å². The molecule has 96 valence electrons. The first-order chi connectivity index (χ1) is 8.65. The summed E-state index contributed by atoms with van der Waals surface area (Å²) in [6, 6.07) is 2.00. The summed E-state index contributed by atoms with van der Waals surface area (Å²) in [5.74, 6) is -1.17. The highest BCUT2D eigenvalue weighted by molar-refractivity contribution is 7.14. The van der Waals surface area contributed by atoms with Crippen LogP contribution < -0.4 is 0 Å². The standard InChI is InChI=1S/C13H15NO3S/c15-12(14-5-4-9(7-14)13(16)17)11-6-8-2-1-3-10(8)18-11/h6,9H,1-5,7H2,(H,16,17)/t9-/m0/s1. The van der Waals surface area contributed by atoms with Crippen LogP contribution in [0.3, 0.4) is 0 Å². The zero-order chi connectivity index (χ0) is 12.7. The highest BCUT2D eigenvalue weighted by Gasteiger charge is 2.32. The van der Waals surface area contributed by atoms with E-state index in [4.69, 9.17) is 5.11 Å². The molecular formula is C13H15NO3S. The van der Waals surface area contributed by atoms with Gasteiger partial charge in [0.1, 0.15) is 0 Å². The molecule has 1 saturated heterocycles. The molecule has 0 bridgehead atoms. The Morgan fingerprint density at radius 1 is 1.39 bits per heavy atom. The van der Waals surface area contributed by atoms with Gasteiger partial charge in [-0.15, -0.1) is 11.3 Å². The molecule has 1 aliphatic heterocycles. The van der Waals surface area contributed by atoms with Crippen molar-refractivity contribution < 1.29 is 14.7 Å². The number of carboxylic acids is 1. The molecule has 18 heavy (non-hydrogen) atoms. The molecule has 1 aliphatic carbocycles. The Kier molecular flexibility index (Phi) is 2.86. The molecule has 3 rings (SSSR count). The second kappa shape index (κ2) is 4.39. The van der Waals surface area contributed by atoms with E-state index in [1.165, 1.54) is 16.9 Å². The number of carbonyl (C=O) groups excluding carboxylic acids is 1. The Morgan fingerprint density at radius 3 is 2.89 bits per heavy atom. The van der Waals surface area contributed by atoms with Gasteiger partial charge in [-0.05, 0) is 37.3 Å². The minimum Gasteiger partial charge on any atom is -0.481 e. The summed E-state index contributed by atoms with van der Waals surface area (Å²) < 4.78 is 0. The first-order valence-corrected chi connectivity index (χ1v) is 7.10. The molecule has 2 aliphatic rings. The smallest absolute Gasteiger partial charge is 0.308 e. The number of thiophene rings is 1. The molecular weight excluding hydrogens is 250 g/mol. The number of fused-ring (bicyclic) bond motifs is 1. The van der Waals surface area contributed by atoms with Crippen molar-refractivity contribution >= 4 is 23.2 Å². The fourth-order valence-electron chi connectivity index (χ4n) is 2.74. The van der Waals surface area contributed by atoms with E-state index in [1.54, 1.807) is 16.2 Å². The SMILES string of the molecule is O=C(O)[C@H]1CCN(C(=O)c2cc3c(s2)CCC3)C1. The molecule has 0 spiro atoms. The maximum atomic E-state index is 12.3. The van der Waals surface area contributed by atoms with E-state index in [0.717, 1.165) is 17.7 Å². The van der Waals surface area contributed by atoms with Gasteiger partial charge in [0.2, 0.25) is 0 Å². The van der Waals surface area contributed by atoms with Crippen LogP contribution in [-0.4, -0.2) is 35.0 Å². The van der Waals surface area contributed by atoms with Crippen LogP contribution in [0.4, 0.5) is 0 Å². The van der Waals surface area contributed by atoms with Crippen molar-refractivity contribution in [3.8, 4) is 0 Å². The Balaban J connectivity index is 1.73.